The van der Waals surface area contributed by atoms with E-state index in [1.165, 1.54) is 109 Å². The number of benzene rings is 10. The zero-order valence-corrected chi connectivity index (χ0v) is 31.2. The normalized spacial score (nSPS) is 13.3. The van der Waals surface area contributed by atoms with Gasteiger partial charge in [0.25, 0.3) is 0 Å². The zero-order valence-electron chi connectivity index (χ0n) is 31.2. The highest BCUT2D eigenvalue weighted by Crippen LogP contribution is 2.54. The van der Waals surface area contributed by atoms with Crippen LogP contribution in [0.25, 0.3) is 110 Å². The van der Waals surface area contributed by atoms with Gasteiger partial charge in [-0.3, -0.25) is 0 Å². The average Bonchev–Trinajstić information content (AvgIpc) is 3.72. The second-order valence-corrected chi connectivity index (χ2v) is 16.0. The molecule has 0 radical (unpaired) electrons. The van der Waals surface area contributed by atoms with Crippen LogP contribution >= 0.6 is 0 Å². The molecule has 0 bridgehead atoms. The Bertz CT molecular complexity index is 3370. The van der Waals surface area contributed by atoms with Gasteiger partial charge in [-0.1, -0.05) is 166 Å². The minimum Gasteiger partial charge on any atom is -0.456 e. The first-order valence-corrected chi connectivity index (χ1v) is 19.6. The first-order valence-electron chi connectivity index (χ1n) is 19.6. The van der Waals surface area contributed by atoms with Crippen LogP contribution in [0.3, 0.4) is 0 Å². The highest BCUT2D eigenvalue weighted by atomic mass is 16.3. The topological polar surface area (TPSA) is 13.1 Å². The van der Waals surface area contributed by atoms with Crippen molar-refractivity contribution in [2.75, 3.05) is 0 Å². The highest BCUT2D eigenvalue weighted by molar-refractivity contribution is 6.22. The Morgan fingerprint density at radius 3 is 1.55 bits per heavy atom. The summed E-state index contributed by atoms with van der Waals surface area (Å²) in [7, 11) is 0. The van der Waals surface area contributed by atoms with Gasteiger partial charge in [0.1, 0.15) is 11.2 Å². The van der Waals surface area contributed by atoms with Gasteiger partial charge in [0.2, 0.25) is 0 Å². The number of rotatable bonds is 3. The van der Waals surface area contributed by atoms with E-state index in [0.717, 1.165) is 11.2 Å². The maximum absolute atomic E-state index is 6.51. The van der Waals surface area contributed by atoms with Gasteiger partial charge in [-0.2, -0.15) is 0 Å². The average molecular weight is 713 g/mol. The van der Waals surface area contributed by atoms with Crippen LogP contribution in [0.15, 0.2) is 186 Å². The first-order chi connectivity index (χ1) is 27.5. The van der Waals surface area contributed by atoms with Gasteiger partial charge < -0.3 is 4.42 Å². The third-order valence-corrected chi connectivity index (χ3v) is 12.6. The molecule has 1 aromatic heterocycles. The third kappa shape index (κ3) is 4.43. The monoisotopic (exact) mass is 712 g/mol. The molecule has 1 heteroatoms. The van der Waals surface area contributed by atoms with Crippen molar-refractivity contribution in [2.24, 2.45) is 0 Å². The van der Waals surface area contributed by atoms with E-state index in [4.69, 9.17) is 4.42 Å². The number of furan rings is 1. The molecule has 11 aromatic rings. The van der Waals surface area contributed by atoms with Crippen molar-refractivity contribution in [3.63, 3.8) is 0 Å². The summed E-state index contributed by atoms with van der Waals surface area (Å²) in [5.41, 5.74) is 14.6. The quantitative estimate of drug-likeness (QED) is 0.166. The molecule has 0 atom stereocenters. The van der Waals surface area contributed by atoms with Gasteiger partial charge in [0.15, 0.2) is 0 Å². The molecule has 0 saturated heterocycles. The van der Waals surface area contributed by atoms with Crippen LogP contribution in [-0.2, 0) is 5.41 Å². The van der Waals surface area contributed by atoms with E-state index in [-0.39, 0.29) is 5.41 Å². The molecule has 0 spiro atoms. The summed E-state index contributed by atoms with van der Waals surface area (Å²) in [6, 6.07) is 67.2. The van der Waals surface area contributed by atoms with E-state index in [9.17, 15) is 0 Å². The minimum atomic E-state index is -0.153. The Hall–Kier alpha value is -6.96. The molecule has 262 valence electrons. The predicted molar refractivity (Wildman–Crippen MR) is 238 cm³/mol. The Balaban J connectivity index is 0.983. The molecule has 0 fully saturated rings. The summed E-state index contributed by atoms with van der Waals surface area (Å²) in [5, 5.41) is 12.4. The molecule has 1 heterocycles. The number of hydrogen-bond donors (Lipinski definition) is 0. The van der Waals surface area contributed by atoms with Crippen LogP contribution in [-0.4, -0.2) is 0 Å². The van der Waals surface area contributed by atoms with Crippen molar-refractivity contribution in [1.82, 2.24) is 0 Å². The molecular formula is C55H36O. The Morgan fingerprint density at radius 2 is 0.875 bits per heavy atom. The standard InChI is InChI=1S/C55H36O/c1-55(2)47-27-28-49-54(46-30-37-13-5-6-14-38(37)32-50(46)56-49)53(47)45-26-25-39(31-48(45)55)34-19-22-35(23-20-34)51-41-15-7-9-17-43(41)52(44-18-10-8-16-42(44)51)40-24-21-33-11-3-4-12-36(33)29-40/h3-32H,1-2H3. The minimum absolute atomic E-state index is 0.153. The van der Waals surface area contributed by atoms with Crippen LogP contribution in [0.2, 0.25) is 0 Å². The summed E-state index contributed by atoms with van der Waals surface area (Å²) >= 11 is 0. The fraction of sp³-hybridized carbons (Fsp3) is 0.0545. The summed E-state index contributed by atoms with van der Waals surface area (Å²) in [5.74, 6) is 0. The number of fused-ring (bicyclic) bond motifs is 11. The molecule has 12 rings (SSSR count). The lowest BCUT2D eigenvalue weighted by atomic mass is 9.81. The molecule has 56 heavy (non-hydrogen) atoms. The SMILES string of the molecule is CC1(C)c2cc(-c3ccc(-c4c5ccccc5c(-c5ccc6ccccc6c5)c5ccccc45)cc3)ccc2-c2c1ccc1oc3cc4ccccc4cc3c21. The van der Waals surface area contributed by atoms with Crippen LogP contribution in [0.4, 0.5) is 0 Å². The van der Waals surface area contributed by atoms with E-state index < -0.39 is 0 Å². The van der Waals surface area contributed by atoms with E-state index >= 15 is 0 Å². The van der Waals surface area contributed by atoms with E-state index in [0.29, 0.717) is 0 Å². The van der Waals surface area contributed by atoms with Gasteiger partial charge in [-0.25, -0.2) is 0 Å². The van der Waals surface area contributed by atoms with Gasteiger partial charge in [0, 0.05) is 16.2 Å². The molecule has 0 unspecified atom stereocenters. The Labute approximate surface area is 325 Å². The largest absolute Gasteiger partial charge is 0.456 e. The molecule has 0 amide bonds. The van der Waals surface area contributed by atoms with Gasteiger partial charge in [-0.05, 0) is 129 Å². The van der Waals surface area contributed by atoms with Crippen LogP contribution in [0, 0.1) is 0 Å². The van der Waals surface area contributed by atoms with Crippen molar-refractivity contribution in [1.29, 1.82) is 0 Å². The second-order valence-electron chi connectivity index (χ2n) is 16.0. The highest BCUT2D eigenvalue weighted by Gasteiger charge is 2.37. The fourth-order valence-electron chi connectivity index (χ4n) is 9.88. The van der Waals surface area contributed by atoms with Crippen LogP contribution in [0.5, 0.6) is 0 Å². The smallest absolute Gasteiger partial charge is 0.136 e. The lowest BCUT2D eigenvalue weighted by Crippen LogP contribution is -2.14. The Morgan fingerprint density at radius 1 is 0.339 bits per heavy atom. The van der Waals surface area contributed by atoms with Crippen molar-refractivity contribution >= 4 is 65.0 Å². The molecule has 0 saturated carbocycles. The summed E-state index contributed by atoms with van der Waals surface area (Å²) in [4.78, 5) is 0. The Kier molecular flexibility index (Phi) is 6.46. The van der Waals surface area contributed by atoms with E-state index in [1.54, 1.807) is 0 Å². The lowest BCUT2D eigenvalue weighted by molar-refractivity contribution is 0.657. The lowest BCUT2D eigenvalue weighted by Gasteiger charge is -2.22. The van der Waals surface area contributed by atoms with Crippen molar-refractivity contribution in [3.8, 4) is 44.5 Å². The predicted octanol–water partition coefficient (Wildman–Crippen LogP) is 15.5. The second kappa shape index (κ2) is 11.5. The molecule has 0 aliphatic heterocycles. The number of hydrogen-bond acceptors (Lipinski definition) is 1. The fourth-order valence-corrected chi connectivity index (χ4v) is 9.88. The van der Waals surface area contributed by atoms with Crippen molar-refractivity contribution in [3.05, 3.63) is 193 Å². The van der Waals surface area contributed by atoms with Crippen LogP contribution in [0.1, 0.15) is 25.0 Å². The summed E-state index contributed by atoms with van der Waals surface area (Å²) in [6.07, 6.45) is 0. The van der Waals surface area contributed by atoms with E-state index in [2.05, 4.69) is 196 Å². The van der Waals surface area contributed by atoms with Crippen molar-refractivity contribution < 1.29 is 4.42 Å². The zero-order chi connectivity index (χ0) is 37.1. The maximum atomic E-state index is 6.51. The van der Waals surface area contributed by atoms with Crippen molar-refractivity contribution in [2.45, 2.75) is 19.3 Å². The third-order valence-electron chi connectivity index (χ3n) is 12.6. The summed E-state index contributed by atoms with van der Waals surface area (Å²) in [6.45, 7) is 4.73. The molecule has 1 aliphatic carbocycles. The molecular weight excluding hydrogens is 677 g/mol. The van der Waals surface area contributed by atoms with Gasteiger partial charge >= 0.3 is 0 Å². The molecule has 1 nitrogen and oxygen atoms in total. The first kappa shape index (κ1) is 31.4. The molecule has 10 aromatic carbocycles. The van der Waals surface area contributed by atoms with Gasteiger partial charge in [0.05, 0.1) is 0 Å². The molecule has 0 N–H and O–H groups in total. The maximum Gasteiger partial charge on any atom is 0.136 e. The van der Waals surface area contributed by atoms with Gasteiger partial charge in [-0.15, -0.1) is 0 Å². The van der Waals surface area contributed by atoms with Crippen LogP contribution < -0.4 is 0 Å². The van der Waals surface area contributed by atoms with E-state index in [1.807, 2.05) is 0 Å². The summed E-state index contributed by atoms with van der Waals surface area (Å²) < 4.78 is 6.51. The molecule has 1 aliphatic rings.